The largest absolute Gasteiger partial charge is 0.329 e. The van der Waals surface area contributed by atoms with Gasteiger partial charge in [-0.1, -0.05) is 13.8 Å². The number of aryl methyl sites for hydroxylation is 1. The fourth-order valence-corrected chi connectivity index (χ4v) is 2.91. The molecule has 0 aromatic carbocycles. The molecule has 2 N–H and O–H groups in total. The van der Waals surface area contributed by atoms with E-state index in [9.17, 15) is 0 Å². The maximum atomic E-state index is 5.86. The smallest absolute Gasteiger partial charge is 0.0562 e. The Labute approximate surface area is 97.1 Å². The first-order chi connectivity index (χ1) is 7.04. The third kappa shape index (κ3) is 3.59. The Morgan fingerprint density at radius 3 is 2.47 bits per heavy atom. The molecule has 1 rings (SSSR count). The van der Waals surface area contributed by atoms with E-state index in [0.29, 0.717) is 18.5 Å². The van der Waals surface area contributed by atoms with Crippen molar-refractivity contribution in [3.63, 3.8) is 0 Å². The minimum atomic E-state index is 0.381. The molecule has 86 valence electrons. The summed E-state index contributed by atoms with van der Waals surface area (Å²) >= 11 is 1.85. The Bertz CT molecular complexity index is 294. The van der Waals surface area contributed by atoms with E-state index in [0.717, 1.165) is 6.54 Å². The summed E-state index contributed by atoms with van der Waals surface area (Å²) in [5.41, 5.74) is 5.86. The molecule has 0 bridgehead atoms. The molecule has 1 aromatic rings. The molecule has 0 aliphatic heterocycles. The summed E-state index contributed by atoms with van der Waals surface area (Å²) in [7, 11) is 2.16. The lowest BCUT2D eigenvalue weighted by atomic mass is 10.1. The lowest BCUT2D eigenvalue weighted by molar-refractivity contribution is 0.226. The van der Waals surface area contributed by atoms with Crippen LogP contribution >= 0.6 is 11.3 Å². The Kier molecular flexibility index (Phi) is 4.77. The molecule has 0 radical (unpaired) electrons. The van der Waals surface area contributed by atoms with Crippen molar-refractivity contribution in [2.24, 2.45) is 11.7 Å². The number of likely N-dealkylation sites (N-methyl/N-ethyl adjacent to an activating group) is 1. The van der Waals surface area contributed by atoms with Crippen molar-refractivity contribution in [3.05, 3.63) is 21.9 Å². The summed E-state index contributed by atoms with van der Waals surface area (Å²) < 4.78 is 0. The Hall–Kier alpha value is -0.380. The average molecular weight is 226 g/mol. The van der Waals surface area contributed by atoms with Crippen molar-refractivity contribution < 1.29 is 0 Å². The van der Waals surface area contributed by atoms with E-state index < -0.39 is 0 Å². The zero-order valence-corrected chi connectivity index (χ0v) is 11.0. The summed E-state index contributed by atoms with van der Waals surface area (Å²) in [5.74, 6) is 0.685. The molecule has 0 saturated carbocycles. The van der Waals surface area contributed by atoms with Crippen LogP contribution in [-0.4, -0.2) is 25.0 Å². The lowest BCUT2D eigenvalue weighted by Crippen LogP contribution is -2.32. The highest BCUT2D eigenvalue weighted by Gasteiger charge is 2.17. The Balaban J connectivity index is 2.70. The van der Waals surface area contributed by atoms with Gasteiger partial charge in [0, 0.05) is 22.8 Å². The molecule has 1 aromatic heterocycles. The number of nitrogens with two attached hydrogens (primary N) is 1. The van der Waals surface area contributed by atoms with Crippen LogP contribution in [0.2, 0.25) is 0 Å². The second kappa shape index (κ2) is 5.64. The molecule has 1 atom stereocenters. The minimum absolute atomic E-state index is 0.381. The third-order valence-electron chi connectivity index (χ3n) is 2.50. The molecule has 0 fully saturated rings. The number of thiophene rings is 1. The van der Waals surface area contributed by atoms with Gasteiger partial charge in [-0.3, -0.25) is 4.90 Å². The predicted octanol–water partition coefficient (Wildman–Crippen LogP) is 2.64. The molecule has 1 heterocycles. The van der Waals surface area contributed by atoms with Crippen LogP contribution in [0, 0.1) is 12.8 Å². The van der Waals surface area contributed by atoms with Gasteiger partial charge in [0.15, 0.2) is 0 Å². The monoisotopic (exact) mass is 226 g/mol. The van der Waals surface area contributed by atoms with Gasteiger partial charge in [0.1, 0.15) is 0 Å². The van der Waals surface area contributed by atoms with Gasteiger partial charge >= 0.3 is 0 Å². The summed E-state index contributed by atoms with van der Waals surface area (Å²) in [6.45, 7) is 8.42. The second-order valence-electron chi connectivity index (χ2n) is 4.53. The molecular weight excluding hydrogens is 204 g/mol. The first-order valence-corrected chi connectivity index (χ1v) is 6.33. The molecule has 0 aliphatic rings. The quantitative estimate of drug-likeness (QED) is 0.836. The maximum absolute atomic E-state index is 5.86. The Morgan fingerprint density at radius 1 is 1.40 bits per heavy atom. The van der Waals surface area contributed by atoms with Crippen LogP contribution < -0.4 is 5.73 Å². The topological polar surface area (TPSA) is 29.3 Å². The van der Waals surface area contributed by atoms with Crippen molar-refractivity contribution in [2.75, 3.05) is 20.1 Å². The summed E-state index contributed by atoms with van der Waals surface area (Å²) in [5, 5.41) is 0. The molecule has 2 nitrogen and oxygen atoms in total. The van der Waals surface area contributed by atoms with Gasteiger partial charge in [0.2, 0.25) is 0 Å². The SMILES string of the molecule is Cc1ccc(C(CN)N(C)CC(C)C)s1. The zero-order chi connectivity index (χ0) is 11.4. The molecule has 0 spiro atoms. The minimum Gasteiger partial charge on any atom is -0.329 e. The van der Waals surface area contributed by atoms with Gasteiger partial charge in [0.05, 0.1) is 6.04 Å². The number of nitrogens with zero attached hydrogens (tertiary/aromatic N) is 1. The van der Waals surface area contributed by atoms with Gasteiger partial charge in [0.25, 0.3) is 0 Å². The van der Waals surface area contributed by atoms with Crippen molar-refractivity contribution in [1.29, 1.82) is 0 Å². The van der Waals surface area contributed by atoms with E-state index in [1.165, 1.54) is 9.75 Å². The van der Waals surface area contributed by atoms with Gasteiger partial charge in [-0.05, 0) is 32.0 Å². The van der Waals surface area contributed by atoms with Crippen LogP contribution in [0.25, 0.3) is 0 Å². The van der Waals surface area contributed by atoms with Gasteiger partial charge in [-0.2, -0.15) is 0 Å². The molecule has 0 aliphatic carbocycles. The van der Waals surface area contributed by atoms with E-state index in [1.807, 2.05) is 11.3 Å². The predicted molar refractivity (Wildman–Crippen MR) is 68.3 cm³/mol. The van der Waals surface area contributed by atoms with E-state index in [2.05, 4.69) is 44.9 Å². The van der Waals surface area contributed by atoms with Crippen molar-refractivity contribution >= 4 is 11.3 Å². The molecular formula is C12H22N2S. The molecule has 15 heavy (non-hydrogen) atoms. The highest BCUT2D eigenvalue weighted by molar-refractivity contribution is 7.12. The summed E-state index contributed by atoms with van der Waals surface area (Å²) in [6, 6.07) is 4.76. The van der Waals surface area contributed by atoms with Crippen LogP contribution in [0.1, 0.15) is 29.6 Å². The first kappa shape index (κ1) is 12.7. The van der Waals surface area contributed by atoms with Crippen LogP contribution in [-0.2, 0) is 0 Å². The second-order valence-corrected chi connectivity index (χ2v) is 5.85. The van der Waals surface area contributed by atoms with E-state index in [-0.39, 0.29) is 0 Å². The zero-order valence-electron chi connectivity index (χ0n) is 10.2. The standard InChI is InChI=1S/C12H22N2S/c1-9(2)8-14(4)11(7-13)12-6-5-10(3)15-12/h5-6,9,11H,7-8,13H2,1-4H3. The normalized spacial score (nSPS) is 13.8. The van der Waals surface area contributed by atoms with E-state index in [1.54, 1.807) is 0 Å². The fraction of sp³-hybridized carbons (Fsp3) is 0.667. The first-order valence-electron chi connectivity index (χ1n) is 5.51. The summed E-state index contributed by atoms with van der Waals surface area (Å²) in [4.78, 5) is 5.11. The van der Waals surface area contributed by atoms with Crippen LogP contribution in [0.15, 0.2) is 12.1 Å². The highest BCUT2D eigenvalue weighted by Crippen LogP contribution is 2.26. The van der Waals surface area contributed by atoms with Gasteiger partial charge < -0.3 is 5.73 Å². The van der Waals surface area contributed by atoms with Crippen molar-refractivity contribution in [3.8, 4) is 0 Å². The van der Waals surface area contributed by atoms with Gasteiger partial charge in [-0.25, -0.2) is 0 Å². The third-order valence-corrected chi connectivity index (χ3v) is 3.60. The van der Waals surface area contributed by atoms with Crippen LogP contribution in [0.4, 0.5) is 0 Å². The number of hydrogen-bond donors (Lipinski definition) is 1. The molecule has 0 amide bonds. The lowest BCUT2D eigenvalue weighted by Gasteiger charge is -2.27. The molecule has 3 heteroatoms. The number of hydrogen-bond acceptors (Lipinski definition) is 3. The molecule has 1 unspecified atom stereocenters. The molecule has 0 saturated heterocycles. The van der Waals surface area contributed by atoms with Gasteiger partial charge in [-0.15, -0.1) is 11.3 Å². The Morgan fingerprint density at radius 2 is 2.07 bits per heavy atom. The van der Waals surface area contributed by atoms with Crippen LogP contribution in [0.5, 0.6) is 0 Å². The summed E-state index contributed by atoms with van der Waals surface area (Å²) in [6.07, 6.45) is 0. The fourth-order valence-electron chi connectivity index (χ4n) is 1.85. The number of rotatable bonds is 5. The highest BCUT2D eigenvalue weighted by atomic mass is 32.1. The van der Waals surface area contributed by atoms with Crippen molar-refractivity contribution in [2.45, 2.75) is 26.8 Å². The van der Waals surface area contributed by atoms with E-state index >= 15 is 0 Å². The average Bonchev–Trinajstić information content (AvgIpc) is 2.51. The van der Waals surface area contributed by atoms with E-state index in [4.69, 9.17) is 5.73 Å². The maximum Gasteiger partial charge on any atom is 0.0562 e. The van der Waals surface area contributed by atoms with Crippen molar-refractivity contribution in [1.82, 2.24) is 4.90 Å². The van der Waals surface area contributed by atoms with Crippen LogP contribution in [0.3, 0.4) is 0 Å².